The maximum absolute atomic E-state index is 12.3. The molecule has 0 fully saturated rings. The van der Waals surface area contributed by atoms with Gasteiger partial charge in [-0.05, 0) is 28.0 Å². The second-order valence-electron chi connectivity index (χ2n) is 16.3. The van der Waals surface area contributed by atoms with Crippen molar-refractivity contribution in [2.24, 2.45) is 0 Å². The van der Waals surface area contributed by atoms with E-state index in [0.717, 1.165) is 28.2 Å². The molecule has 4 rings (SSSR count). The highest BCUT2D eigenvalue weighted by atomic mass is 16.6. The van der Waals surface area contributed by atoms with Gasteiger partial charge in [0.05, 0.1) is 217 Å². The van der Waals surface area contributed by atoms with E-state index < -0.39 is 0 Å². The number of ether oxygens (including phenoxy) is 18. The van der Waals surface area contributed by atoms with E-state index in [-0.39, 0.29) is 13.2 Å². The van der Waals surface area contributed by atoms with E-state index in [4.69, 9.17) is 85.3 Å². The maximum atomic E-state index is 12.3. The summed E-state index contributed by atoms with van der Waals surface area (Å²) in [7, 11) is 0. The van der Waals surface area contributed by atoms with Crippen molar-refractivity contribution in [1.82, 2.24) is 0 Å². The van der Waals surface area contributed by atoms with Gasteiger partial charge in [0.25, 0.3) is 0 Å². The molecule has 76 heavy (non-hydrogen) atoms. The number of aldehydes is 1. The highest BCUT2D eigenvalue weighted by molar-refractivity contribution is 6.02. The SMILES string of the molecule is O=Cc1c(OCCOCCOCCOCCOCCOCCOCCOCCOCc2ccccc2)c(OCCOCCOCCOCCOCCOCCOCCOCCOCc2ccccc2)cc2ccccc12. The normalized spacial score (nSPS) is 11.5. The predicted octanol–water partition coefficient (Wildman–Crippen LogP) is 6.08. The Hall–Kier alpha value is -4.23. The summed E-state index contributed by atoms with van der Waals surface area (Å²) < 4.78 is 101. The number of benzene rings is 4. The summed E-state index contributed by atoms with van der Waals surface area (Å²) in [6.07, 6.45) is 0.789. The van der Waals surface area contributed by atoms with E-state index in [2.05, 4.69) is 0 Å². The van der Waals surface area contributed by atoms with Gasteiger partial charge in [0.2, 0.25) is 0 Å². The number of hydrogen-bond acceptors (Lipinski definition) is 19. The van der Waals surface area contributed by atoms with Crippen molar-refractivity contribution < 1.29 is 90.1 Å². The van der Waals surface area contributed by atoms with Gasteiger partial charge in [-0.25, -0.2) is 0 Å². The van der Waals surface area contributed by atoms with Crippen LogP contribution in [0.2, 0.25) is 0 Å². The number of fused-ring (bicyclic) bond motifs is 1. The summed E-state index contributed by atoms with van der Waals surface area (Å²) in [5.41, 5.74) is 2.71. The standard InChI is InChI=1S/C57H84O19/c58-48-55-54-14-8-7-13-53(54)47-56(75-45-43-71-37-35-67-29-27-63-21-19-59-15-17-61-23-25-65-31-33-69-39-41-73-49-51-9-3-1-4-10-51)57(55)76-46-44-72-38-36-68-30-28-64-22-20-60-16-18-62-24-26-66-32-34-70-40-42-74-50-52-11-5-2-6-12-52/h1-14,47-48H,15-46,49-50H2. The summed E-state index contributed by atoms with van der Waals surface area (Å²) in [6, 6.07) is 29.6. The first-order valence-electron chi connectivity index (χ1n) is 26.4. The van der Waals surface area contributed by atoms with Crippen LogP contribution in [0.15, 0.2) is 91.0 Å². The van der Waals surface area contributed by atoms with Crippen molar-refractivity contribution >= 4 is 17.1 Å². The van der Waals surface area contributed by atoms with Gasteiger partial charge in [-0.1, -0.05) is 84.9 Å². The van der Waals surface area contributed by atoms with E-state index in [1.54, 1.807) is 0 Å². The lowest BCUT2D eigenvalue weighted by Crippen LogP contribution is -2.16. The van der Waals surface area contributed by atoms with E-state index >= 15 is 0 Å². The molecule has 4 aromatic rings. The minimum atomic E-state index is 0.210. The molecule has 0 radical (unpaired) electrons. The second-order valence-corrected chi connectivity index (χ2v) is 16.3. The Morgan fingerprint density at radius 2 is 0.539 bits per heavy atom. The highest BCUT2D eigenvalue weighted by Crippen LogP contribution is 2.37. The van der Waals surface area contributed by atoms with Crippen LogP contribution < -0.4 is 9.47 Å². The molecule has 19 heteroatoms. The number of carbonyl (C=O) groups is 1. The van der Waals surface area contributed by atoms with Gasteiger partial charge in [-0.3, -0.25) is 4.79 Å². The molecule has 0 aliphatic heterocycles. The first-order chi connectivity index (χ1) is 37.8. The van der Waals surface area contributed by atoms with Crippen molar-refractivity contribution in [3.05, 3.63) is 108 Å². The second kappa shape index (κ2) is 47.9. The topological polar surface area (TPSA) is 183 Å². The van der Waals surface area contributed by atoms with Crippen molar-refractivity contribution in [3.63, 3.8) is 0 Å². The summed E-state index contributed by atoms with van der Waals surface area (Å²) in [5.74, 6) is 0.813. The van der Waals surface area contributed by atoms with Gasteiger partial charge >= 0.3 is 0 Å². The smallest absolute Gasteiger partial charge is 0.172 e. The Labute approximate surface area is 449 Å². The van der Waals surface area contributed by atoms with E-state index in [1.165, 1.54) is 0 Å². The minimum Gasteiger partial charge on any atom is -0.487 e. The van der Waals surface area contributed by atoms with Crippen LogP contribution in [0.1, 0.15) is 21.5 Å². The molecular formula is C57H84O19. The summed E-state index contributed by atoms with van der Waals surface area (Å²) in [4.78, 5) is 12.3. The van der Waals surface area contributed by atoms with E-state index in [0.29, 0.717) is 228 Å². The third-order valence-electron chi connectivity index (χ3n) is 10.5. The Morgan fingerprint density at radius 1 is 0.276 bits per heavy atom. The van der Waals surface area contributed by atoms with Crippen LogP contribution in [0, 0.1) is 0 Å². The average molecular weight is 1070 g/mol. The van der Waals surface area contributed by atoms with Crippen LogP contribution in [0.3, 0.4) is 0 Å². The van der Waals surface area contributed by atoms with Crippen molar-refractivity contribution in [2.45, 2.75) is 13.2 Å². The fourth-order valence-corrected chi connectivity index (χ4v) is 6.72. The molecule has 0 atom stereocenters. The van der Waals surface area contributed by atoms with E-state index in [9.17, 15) is 4.79 Å². The Bertz CT molecular complexity index is 1910. The lowest BCUT2D eigenvalue weighted by Gasteiger charge is -2.17. The molecule has 0 bridgehead atoms. The fraction of sp³-hybridized carbons (Fsp3) is 0.596. The highest BCUT2D eigenvalue weighted by Gasteiger charge is 2.16. The van der Waals surface area contributed by atoms with E-state index in [1.807, 2.05) is 91.0 Å². The molecule has 0 spiro atoms. The quantitative estimate of drug-likeness (QED) is 0.0366. The molecule has 0 heterocycles. The molecule has 0 unspecified atom stereocenters. The van der Waals surface area contributed by atoms with Gasteiger partial charge in [0.15, 0.2) is 17.8 Å². The van der Waals surface area contributed by atoms with Crippen LogP contribution in [-0.4, -0.2) is 218 Å². The zero-order valence-electron chi connectivity index (χ0n) is 44.5. The number of carbonyl (C=O) groups excluding carboxylic acids is 1. The average Bonchev–Trinajstić information content (AvgIpc) is 3.47. The fourth-order valence-electron chi connectivity index (χ4n) is 6.72. The molecule has 426 valence electrons. The Morgan fingerprint density at radius 3 is 0.855 bits per heavy atom. The van der Waals surface area contributed by atoms with Gasteiger partial charge in [-0.2, -0.15) is 0 Å². The lowest BCUT2D eigenvalue weighted by atomic mass is 10.0. The molecule has 0 aromatic heterocycles. The first kappa shape index (κ1) is 64.3. The number of hydrogen-bond donors (Lipinski definition) is 0. The predicted molar refractivity (Wildman–Crippen MR) is 284 cm³/mol. The van der Waals surface area contributed by atoms with Crippen LogP contribution in [0.5, 0.6) is 11.5 Å². The van der Waals surface area contributed by atoms with Crippen molar-refractivity contribution in [2.75, 3.05) is 211 Å². The third kappa shape index (κ3) is 33.8. The van der Waals surface area contributed by atoms with Crippen LogP contribution >= 0.6 is 0 Å². The molecule has 0 amide bonds. The lowest BCUT2D eigenvalue weighted by molar-refractivity contribution is -0.0242. The largest absolute Gasteiger partial charge is 0.487 e. The van der Waals surface area contributed by atoms with Gasteiger partial charge in [0.1, 0.15) is 13.2 Å². The molecule has 0 saturated carbocycles. The minimum absolute atomic E-state index is 0.210. The monoisotopic (exact) mass is 1070 g/mol. The van der Waals surface area contributed by atoms with Crippen LogP contribution in [0.25, 0.3) is 10.8 Å². The molecule has 0 aliphatic carbocycles. The summed E-state index contributed by atoms with van der Waals surface area (Å²) in [5, 5.41) is 1.63. The Balaban J connectivity index is 0.867. The van der Waals surface area contributed by atoms with Gasteiger partial charge in [0, 0.05) is 0 Å². The molecule has 0 N–H and O–H groups in total. The molecular weight excluding hydrogens is 989 g/mol. The summed E-state index contributed by atoms with van der Waals surface area (Å²) >= 11 is 0. The van der Waals surface area contributed by atoms with Crippen LogP contribution in [-0.2, 0) is 89.0 Å². The zero-order chi connectivity index (χ0) is 53.1. The molecule has 19 nitrogen and oxygen atoms in total. The Kier molecular flexibility index (Phi) is 40.6. The van der Waals surface area contributed by atoms with Gasteiger partial charge < -0.3 is 85.3 Å². The van der Waals surface area contributed by atoms with Crippen LogP contribution in [0.4, 0.5) is 0 Å². The third-order valence-corrected chi connectivity index (χ3v) is 10.5. The molecule has 0 aliphatic rings. The van der Waals surface area contributed by atoms with Crippen molar-refractivity contribution in [1.29, 1.82) is 0 Å². The molecule has 4 aromatic carbocycles. The van der Waals surface area contributed by atoms with Gasteiger partial charge in [-0.15, -0.1) is 0 Å². The first-order valence-corrected chi connectivity index (χ1v) is 26.4. The molecule has 0 saturated heterocycles. The maximum Gasteiger partial charge on any atom is 0.172 e. The zero-order valence-corrected chi connectivity index (χ0v) is 44.5. The number of rotatable bonds is 55. The van der Waals surface area contributed by atoms with Crippen molar-refractivity contribution in [3.8, 4) is 11.5 Å². The summed E-state index contributed by atoms with van der Waals surface area (Å²) in [6.45, 7) is 15.5.